The molecule has 1 rings (SSSR count). The van der Waals surface area contributed by atoms with Gasteiger partial charge in [-0.2, -0.15) is 0 Å². The van der Waals surface area contributed by atoms with E-state index in [0.717, 1.165) is 0 Å². The first-order valence-corrected chi connectivity index (χ1v) is 7.33. The molecule has 1 aromatic rings. The molecule has 0 aliphatic carbocycles. The van der Waals surface area contributed by atoms with Crippen molar-refractivity contribution < 1.29 is 19.0 Å². The summed E-state index contributed by atoms with van der Waals surface area (Å²) in [7, 11) is -3.44. The van der Waals surface area contributed by atoms with E-state index in [0.29, 0.717) is 5.30 Å². The summed E-state index contributed by atoms with van der Waals surface area (Å²) < 4.78 is 16.9. The Labute approximate surface area is 101 Å². The molecule has 94 valence electrons. The Hall–Kier alpha value is -1.12. The molecular weight excluding hydrogens is 239 g/mol. The summed E-state index contributed by atoms with van der Waals surface area (Å²) in [6.45, 7) is 3.49. The van der Waals surface area contributed by atoms with Crippen LogP contribution in [0.4, 0.5) is 0 Å². The molecule has 0 heterocycles. The number of rotatable bonds is 5. The van der Waals surface area contributed by atoms with Crippen molar-refractivity contribution in [1.82, 2.24) is 0 Å². The van der Waals surface area contributed by atoms with Crippen LogP contribution in [0.1, 0.15) is 20.3 Å². The zero-order chi connectivity index (χ0) is 12.9. The van der Waals surface area contributed by atoms with E-state index in [2.05, 4.69) is 0 Å². The lowest BCUT2D eigenvalue weighted by Gasteiger charge is -2.12. The fourth-order valence-corrected chi connectivity index (χ4v) is 2.74. The van der Waals surface area contributed by atoms with Crippen LogP contribution in [0.25, 0.3) is 0 Å². The van der Waals surface area contributed by atoms with E-state index >= 15 is 0 Å². The largest absolute Gasteiger partial charge is 0.463 e. The standard InChI is InChI=1S/C12H17O4P/c1-10(2)16-12(13)8-9-17(14,15)11-6-4-3-5-7-11/h3-7,10H,8-9H2,1-2H3,(H,14,15). The Morgan fingerprint density at radius 2 is 1.94 bits per heavy atom. The minimum Gasteiger partial charge on any atom is -0.463 e. The third kappa shape index (κ3) is 4.72. The lowest BCUT2D eigenvalue weighted by Crippen LogP contribution is -2.15. The van der Waals surface area contributed by atoms with Gasteiger partial charge < -0.3 is 9.63 Å². The summed E-state index contributed by atoms with van der Waals surface area (Å²) >= 11 is 0. The van der Waals surface area contributed by atoms with Crippen LogP contribution in [-0.2, 0) is 14.1 Å². The molecule has 0 aliphatic heterocycles. The summed E-state index contributed by atoms with van der Waals surface area (Å²) in [5.74, 6) is -0.440. The minimum atomic E-state index is -3.44. The highest BCUT2D eigenvalue weighted by atomic mass is 31.2. The molecular formula is C12H17O4P. The van der Waals surface area contributed by atoms with E-state index in [4.69, 9.17) is 4.74 Å². The van der Waals surface area contributed by atoms with Gasteiger partial charge >= 0.3 is 5.97 Å². The Bertz CT molecular complexity index is 414. The molecule has 0 aliphatic rings. The SMILES string of the molecule is CC(C)OC(=O)CCP(=O)(O)c1ccccc1. The highest BCUT2D eigenvalue weighted by molar-refractivity contribution is 7.66. The maximum atomic E-state index is 12.0. The monoisotopic (exact) mass is 256 g/mol. The summed E-state index contributed by atoms with van der Waals surface area (Å²) in [6.07, 6.45) is -0.319. The molecule has 0 fully saturated rings. The second-order valence-electron chi connectivity index (χ2n) is 4.05. The Morgan fingerprint density at radius 1 is 1.35 bits per heavy atom. The first kappa shape index (κ1) is 13.9. The van der Waals surface area contributed by atoms with Crippen molar-refractivity contribution in [3.05, 3.63) is 30.3 Å². The molecule has 0 saturated carbocycles. The van der Waals surface area contributed by atoms with Gasteiger partial charge in [0.25, 0.3) is 0 Å². The van der Waals surface area contributed by atoms with Crippen LogP contribution in [0.2, 0.25) is 0 Å². The van der Waals surface area contributed by atoms with Crippen molar-refractivity contribution in [3.8, 4) is 0 Å². The lowest BCUT2D eigenvalue weighted by molar-refractivity contribution is -0.146. The summed E-state index contributed by atoms with van der Waals surface area (Å²) in [5, 5.41) is 0.373. The smallest absolute Gasteiger partial charge is 0.306 e. The molecule has 0 aromatic heterocycles. The molecule has 1 unspecified atom stereocenters. The van der Waals surface area contributed by atoms with E-state index in [1.165, 1.54) is 0 Å². The zero-order valence-corrected chi connectivity index (χ0v) is 10.9. The average Bonchev–Trinajstić information content (AvgIpc) is 2.27. The number of hydrogen-bond donors (Lipinski definition) is 1. The van der Waals surface area contributed by atoms with Crippen LogP contribution in [0.3, 0.4) is 0 Å². The van der Waals surface area contributed by atoms with E-state index in [9.17, 15) is 14.3 Å². The average molecular weight is 256 g/mol. The second-order valence-corrected chi connectivity index (χ2v) is 6.42. The van der Waals surface area contributed by atoms with Crippen molar-refractivity contribution in [2.75, 3.05) is 6.16 Å². The third-order valence-corrected chi connectivity index (χ3v) is 4.08. The number of ether oxygens (including phenoxy) is 1. The zero-order valence-electron chi connectivity index (χ0n) is 10.00. The molecule has 1 aromatic carbocycles. The fourth-order valence-electron chi connectivity index (χ4n) is 1.35. The van der Waals surface area contributed by atoms with Crippen LogP contribution < -0.4 is 5.30 Å². The molecule has 0 spiro atoms. The first-order chi connectivity index (χ1) is 7.92. The van der Waals surface area contributed by atoms with Crippen LogP contribution >= 0.6 is 7.37 Å². The van der Waals surface area contributed by atoms with Crippen molar-refractivity contribution in [2.24, 2.45) is 0 Å². The normalized spacial score (nSPS) is 14.4. The molecule has 1 atom stereocenters. The highest BCUT2D eigenvalue weighted by Crippen LogP contribution is 2.39. The van der Waals surface area contributed by atoms with E-state index in [-0.39, 0.29) is 18.7 Å². The van der Waals surface area contributed by atoms with Crippen LogP contribution in [0.5, 0.6) is 0 Å². The van der Waals surface area contributed by atoms with Gasteiger partial charge in [-0.05, 0) is 26.0 Å². The van der Waals surface area contributed by atoms with Gasteiger partial charge in [0.2, 0.25) is 7.37 Å². The Morgan fingerprint density at radius 3 is 2.47 bits per heavy atom. The fraction of sp³-hybridized carbons (Fsp3) is 0.417. The first-order valence-electron chi connectivity index (χ1n) is 5.49. The third-order valence-electron chi connectivity index (χ3n) is 2.15. The second kappa shape index (κ2) is 5.99. The van der Waals surface area contributed by atoms with Crippen molar-refractivity contribution >= 4 is 18.6 Å². The predicted molar refractivity (Wildman–Crippen MR) is 66.6 cm³/mol. The molecule has 0 amide bonds. The van der Waals surface area contributed by atoms with E-state index in [1.807, 2.05) is 0 Å². The van der Waals surface area contributed by atoms with Crippen molar-refractivity contribution in [2.45, 2.75) is 26.4 Å². The van der Waals surface area contributed by atoms with E-state index < -0.39 is 13.3 Å². The number of carbonyl (C=O) groups is 1. The van der Waals surface area contributed by atoms with E-state index in [1.54, 1.807) is 44.2 Å². The summed E-state index contributed by atoms with van der Waals surface area (Å²) in [4.78, 5) is 21.1. The van der Waals surface area contributed by atoms with Crippen molar-refractivity contribution in [1.29, 1.82) is 0 Å². The number of esters is 1. The van der Waals surface area contributed by atoms with Crippen LogP contribution in [0, 0.1) is 0 Å². The molecule has 1 N–H and O–H groups in total. The van der Waals surface area contributed by atoms with Gasteiger partial charge in [0.1, 0.15) is 0 Å². The van der Waals surface area contributed by atoms with Crippen LogP contribution in [-0.4, -0.2) is 23.1 Å². The number of carbonyl (C=O) groups excluding carboxylic acids is 1. The highest BCUT2D eigenvalue weighted by Gasteiger charge is 2.22. The van der Waals surface area contributed by atoms with Gasteiger partial charge in [0.05, 0.1) is 12.5 Å². The van der Waals surface area contributed by atoms with Gasteiger partial charge in [0, 0.05) is 11.5 Å². The molecule has 17 heavy (non-hydrogen) atoms. The lowest BCUT2D eigenvalue weighted by atomic mass is 10.4. The summed E-state index contributed by atoms with van der Waals surface area (Å²) in [5.41, 5.74) is 0. The molecule has 0 bridgehead atoms. The molecule has 0 radical (unpaired) electrons. The number of hydrogen-bond acceptors (Lipinski definition) is 3. The van der Waals surface area contributed by atoms with Gasteiger partial charge in [-0.15, -0.1) is 0 Å². The molecule has 0 saturated heterocycles. The summed E-state index contributed by atoms with van der Waals surface area (Å²) in [6, 6.07) is 8.36. The van der Waals surface area contributed by atoms with Gasteiger partial charge in [-0.1, -0.05) is 18.2 Å². The van der Waals surface area contributed by atoms with Gasteiger partial charge in [-0.3, -0.25) is 9.36 Å². The quantitative estimate of drug-likeness (QED) is 0.645. The van der Waals surface area contributed by atoms with Crippen LogP contribution in [0.15, 0.2) is 30.3 Å². The Kier molecular flexibility index (Phi) is 4.91. The number of benzene rings is 1. The predicted octanol–water partition coefficient (Wildman–Crippen LogP) is 1.92. The maximum absolute atomic E-state index is 12.0. The van der Waals surface area contributed by atoms with Gasteiger partial charge in [0.15, 0.2) is 0 Å². The van der Waals surface area contributed by atoms with Gasteiger partial charge in [-0.25, -0.2) is 0 Å². The van der Waals surface area contributed by atoms with Crippen molar-refractivity contribution in [3.63, 3.8) is 0 Å². The molecule has 5 heteroatoms. The minimum absolute atomic E-state index is 0.0408. The molecule has 4 nitrogen and oxygen atoms in total. The topological polar surface area (TPSA) is 63.6 Å². The maximum Gasteiger partial charge on any atom is 0.306 e. The Balaban J connectivity index is 2.57.